The van der Waals surface area contributed by atoms with Crippen molar-refractivity contribution in [2.75, 3.05) is 0 Å². The van der Waals surface area contributed by atoms with Crippen LogP contribution in [0.3, 0.4) is 0 Å². The number of aryl methyl sites for hydroxylation is 1. The van der Waals surface area contributed by atoms with E-state index in [0.717, 1.165) is 67.0 Å². The maximum absolute atomic E-state index is 6.67. The molecule has 2 aromatic heterocycles. The summed E-state index contributed by atoms with van der Waals surface area (Å²) in [5.74, 6) is 0. The minimum absolute atomic E-state index is 0.553. The first-order valence-corrected chi connectivity index (χ1v) is 21.1. The Bertz CT molecular complexity index is 3290. The standard InChI is InChI=1S/C58H48N4/c1-5-8-23-48-40(4)26-33-57-58(48)51-37-45(30-35-56(51)62(57)46(17-6-2)18-7-3)44-29-34-55-50(36-44)49-24-15-16-25-54(49)61(55)47-31-27-43(28-32-47)53(60-39-41-19-11-9-12-20-41)38-52(59)42-21-13-10-14-22-42/h5-38H,1-2,39,59H2,3-4H3/b18-7-,23-8-,46-17+,52-38-,60-53?. The van der Waals surface area contributed by atoms with Gasteiger partial charge in [0.15, 0.2) is 0 Å². The van der Waals surface area contributed by atoms with Gasteiger partial charge in [0, 0.05) is 38.6 Å². The van der Waals surface area contributed by atoms with Gasteiger partial charge in [-0.3, -0.25) is 4.99 Å². The van der Waals surface area contributed by atoms with Gasteiger partial charge in [0.2, 0.25) is 0 Å². The van der Waals surface area contributed by atoms with Crippen molar-refractivity contribution in [2.24, 2.45) is 10.7 Å². The van der Waals surface area contributed by atoms with Gasteiger partial charge in [-0.05, 0) is 120 Å². The van der Waals surface area contributed by atoms with Crippen LogP contribution in [0.4, 0.5) is 0 Å². The van der Waals surface area contributed by atoms with Crippen molar-refractivity contribution in [3.63, 3.8) is 0 Å². The molecule has 0 spiro atoms. The van der Waals surface area contributed by atoms with E-state index in [9.17, 15) is 0 Å². The van der Waals surface area contributed by atoms with Crippen LogP contribution in [0.1, 0.15) is 34.7 Å². The smallest absolute Gasteiger partial charge is 0.0671 e. The fourth-order valence-electron chi connectivity index (χ4n) is 8.63. The Balaban J connectivity index is 1.16. The van der Waals surface area contributed by atoms with E-state index in [1.54, 1.807) is 0 Å². The van der Waals surface area contributed by atoms with Crippen molar-refractivity contribution in [1.82, 2.24) is 9.13 Å². The third-order valence-electron chi connectivity index (χ3n) is 11.6. The highest BCUT2D eigenvalue weighted by Gasteiger charge is 2.19. The van der Waals surface area contributed by atoms with E-state index in [1.807, 2.05) is 72.8 Å². The van der Waals surface area contributed by atoms with E-state index in [1.165, 1.54) is 32.7 Å². The van der Waals surface area contributed by atoms with E-state index < -0.39 is 0 Å². The molecule has 0 amide bonds. The maximum atomic E-state index is 6.67. The number of hydrogen-bond acceptors (Lipinski definition) is 2. The van der Waals surface area contributed by atoms with Crippen molar-refractivity contribution in [3.8, 4) is 16.8 Å². The van der Waals surface area contributed by atoms with Gasteiger partial charge in [0.05, 0.1) is 34.3 Å². The van der Waals surface area contributed by atoms with E-state index in [2.05, 4.69) is 170 Å². The molecule has 2 heterocycles. The van der Waals surface area contributed by atoms with Gasteiger partial charge in [-0.1, -0.05) is 153 Å². The lowest BCUT2D eigenvalue weighted by Crippen LogP contribution is -2.05. The zero-order chi connectivity index (χ0) is 42.6. The molecule has 0 aliphatic heterocycles. The van der Waals surface area contributed by atoms with Gasteiger partial charge in [0.1, 0.15) is 0 Å². The van der Waals surface area contributed by atoms with Gasteiger partial charge >= 0.3 is 0 Å². The molecule has 0 bridgehead atoms. The normalized spacial score (nSPS) is 12.8. The van der Waals surface area contributed by atoms with Gasteiger partial charge in [-0.25, -0.2) is 0 Å². The fraction of sp³-hybridized carbons (Fsp3) is 0.0517. The number of fused-ring (bicyclic) bond motifs is 6. The number of para-hydroxylation sites is 1. The SMILES string of the molecule is C=C/C=C\c1c(C)ccc2c1c1cc(-c3ccc4c(c3)c3ccccc3n4-c3ccc(C(/C=C(\N)c4ccccc4)=NCc4ccccc4)cc3)ccc1n2C(/C=C\C)=C/C=C. The molecule has 9 rings (SSSR count). The molecule has 0 saturated carbocycles. The van der Waals surface area contributed by atoms with Crippen molar-refractivity contribution < 1.29 is 0 Å². The minimum Gasteiger partial charge on any atom is -0.398 e. The highest BCUT2D eigenvalue weighted by Crippen LogP contribution is 2.40. The van der Waals surface area contributed by atoms with Crippen LogP contribution in [0.2, 0.25) is 0 Å². The number of rotatable bonds is 12. The zero-order valence-corrected chi connectivity index (χ0v) is 35.2. The molecule has 4 heteroatoms. The third-order valence-corrected chi connectivity index (χ3v) is 11.6. The molecule has 0 unspecified atom stereocenters. The molecule has 0 atom stereocenters. The van der Waals surface area contributed by atoms with Crippen molar-refractivity contribution in [1.29, 1.82) is 0 Å². The van der Waals surface area contributed by atoms with Crippen LogP contribution in [0.15, 0.2) is 218 Å². The third kappa shape index (κ3) is 7.44. The summed E-state index contributed by atoms with van der Waals surface area (Å²) >= 11 is 0. The van der Waals surface area contributed by atoms with Crippen LogP contribution in [0, 0.1) is 6.92 Å². The van der Waals surface area contributed by atoms with Crippen LogP contribution >= 0.6 is 0 Å². The van der Waals surface area contributed by atoms with Crippen LogP contribution in [-0.2, 0) is 6.54 Å². The van der Waals surface area contributed by atoms with Gasteiger partial charge in [0.25, 0.3) is 0 Å². The fourth-order valence-corrected chi connectivity index (χ4v) is 8.63. The summed E-state index contributed by atoms with van der Waals surface area (Å²) in [4.78, 5) is 5.08. The van der Waals surface area contributed by atoms with E-state index >= 15 is 0 Å². The number of benzene rings is 7. The molecule has 300 valence electrons. The highest BCUT2D eigenvalue weighted by molar-refractivity contribution is 6.16. The molecule has 7 aromatic carbocycles. The highest BCUT2D eigenvalue weighted by atomic mass is 15.0. The number of aliphatic imine (C=N–C) groups is 1. The first-order chi connectivity index (χ1) is 30.5. The average molecular weight is 801 g/mol. The maximum Gasteiger partial charge on any atom is 0.0671 e. The molecule has 0 radical (unpaired) electrons. The number of hydrogen-bond donors (Lipinski definition) is 1. The molecule has 0 saturated heterocycles. The lowest BCUT2D eigenvalue weighted by Gasteiger charge is -2.11. The number of allylic oxidation sites excluding steroid dienone is 8. The molecule has 9 aromatic rings. The van der Waals surface area contributed by atoms with Crippen molar-refractivity contribution in [3.05, 3.63) is 241 Å². The molecular weight excluding hydrogens is 753 g/mol. The molecule has 0 aliphatic carbocycles. The van der Waals surface area contributed by atoms with Gasteiger partial charge in [-0.15, -0.1) is 0 Å². The Labute approximate surface area is 363 Å². The molecule has 62 heavy (non-hydrogen) atoms. The lowest BCUT2D eigenvalue weighted by atomic mass is 9.97. The molecule has 0 aliphatic rings. The summed E-state index contributed by atoms with van der Waals surface area (Å²) < 4.78 is 4.70. The second kappa shape index (κ2) is 17.3. The Hall–Kier alpha value is -7.95. The molecule has 2 N–H and O–H groups in total. The molecule has 0 fully saturated rings. The Morgan fingerprint density at radius 2 is 1.31 bits per heavy atom. The quantitative estimate of drug-likeness (QED) is 0.0971. The largest absolute Gasteiger partial charge is 0.398 e. The Morgan fingerprint density at radius 3 is 2.03 bits per heavy atom. The Morgan fingerprint density at radius 1 is 0.645 bits per heavy atom. The summed E-state index contributed by atoms with van der Waals surface area (Å²) in [5, 5.41) is 4.81. The number of nitrogens with two attached hydrogens (primary N) is 1. The predicted molar refractivity (Wildman–Crippen MR) is 268 cm³/mol. The molecule has 4 nitrogen and oxygen atoms in total. The summed E-state index contributed by atoms with van der Waals surface area (Å²) in [6.45, 7) is 12.8. The van der Waals surface area contributed by atoms with Crippen LogP contribution in [0.5, 0.6) is 0 Å². The summed E-state index contributed by atoms with van der Waals surface area (Å²) in [5.41, 5.74) is 22.7. The topological polar surface area (TPSA) is 48.2 Å². The zero-order valence-electron chi connectivity index (χ0n) is 35.2. The second-order valence-corrected chi connectivity index (χ2v) is 15.5. The average Bonchev–Trinajstić information content (AvgIpc) is 3.83. The van der Waals surface area contributed by atoms with E-state index in [4.69, 9.17) is 10.7 Å². The summed E-state index contributed by atoms with van der Waals surface area (Å²) in [7, 11) is 0. The van der Waals surface area contributed by atoms with Crippen LogP contribution < -0.4 is 5.73 Å². The van der Waals surface area contributed by atoms with E-state index in [-0.39, 0.29) is 0 Å². The van der Waals surface area contributed by atoms with Crippen LogP contribution in [0.25, 0.3) is 77.9 Å². The van der Waals surface area contributed by atoms with Crippen LogP contribution in [-0.4, -0.2) is 14.8 Å². The van der Waals surface area contributed by atoms with Gasteiger partial charge < -0.3 is 14.9 Å². The predicted octanol–water partition coefficient (Wildman–Crippen LogP) is 14.7. The first-order valence-electron chi connectivity index (χ1n) is 21.1. The summed E-state index contributed by atoms with van der Waals surface area (Å²) in [6, 6.07) is 55.9. The second-order valence-electron chi connectivity index (χ2n) is 15.5. The number of aromatic nitrogens is 2. The van der Waals surface area contributed by atoms with Crippen molar-refractivity contribution >= 4 is 66.8 Å². The molecular formula is C58H48N4. The minimum atomic E-state index is 0.553. The lowest BCUT2D eigenvalue weighted by molar-refractivity contribution is 1.07. The van der Waals surface area contributed by atoms with E-state index in [0.29, 0.717) is 12.2 Å². The first kappa shape index (κ1) is 39.5. The van der Waals surface area contributed by atoms with Gasteiger partial charge in [-0.2, -0.15) is 0 Å². The Kier molecular flexibility index (Phi) is 11.0. The number of nitrogens with zero attached hydrogens (tertiary/aromatic N) is 3. The summed E-state index contributed by atoms with van der Waals surface area (Å²) in [6.07, 6.45) is 16.2. The monoisotopic (exact) mass is 800 g/mol. The van der Waals surface area contributed by atoms with Crippen molar-refractivity contribution in [2.45, 2.75) is 20.4 Å².